The lowest BCUT2D eigenvalue weighted by molar-refractivity contribution is -0.111. The van der Waals surface area contributed by atoms with Gasteiger partial charge in [0.25, 0.3) is 5.56 Å². The molecule has 5 heteroatoms. The predicted molar refractivity (Wildman–Crippen MR) is 98.2 cm³/mol. The van der Waals surface area contributed by atoms with Crippen molar-refractivity contribution < 1.29 is 4.79 Å². The van der Waals surface area contributed by atoms with Crippen molar-refractivity contribution in [2.75, 3.05) is 5.32 Å². The number of anilines is 1. The van der Waals surface area contributed by atoms with Crippen molar-refractivity contribution >= 4 is 29.0 Å². The molecule has 0 spiro atoms. The fourth-order valence-corrected chi connectivity index (χ4v) is 2.83. The van der Waals surface area contributed by atoms with Crippen molar-refractivity contribution in [1.82, 2.24) is 4.57 Å². The maximum Gasteiger partial charge on any atom is 0.250 e. The number of hydrogen-bond donors (Lipinski definition) is 1. The minimum absolute atomic E-state index is 0.0337. The van der Waals surface area contributed by atoms with Gasteiger partial charge in [-0.05, 0) is 41.3 Å². The highest BCUT2D eigenvalue weighted by Crippen LogP contribution is 2.12. The highest BCUT2D eigenvalue weighted by atomic mass is 32.1. The molecule has 0 aliphatic rings. The van der Waals surface area contributed by atoms with Crippen molar-refractivity contribution in [2.45, 2.75) is 6.54 Å². The maximum atomic E-state index is 11.9. The van der Waals surface area contributed by atoms with Crippen LogP contribution in [0.5, 0.6) is 0 Å². The molecule has 0 unspecified atom stereocenters. The Morgan fingerprint density at radius 3 is 2.62 bits per heavy atom. The molecule has 1 aromatic carbocycles. The zero-order chi connectivity index (χ0) is 16.8. The molecule has 120 valence electrons. The zero-order valence-corrected chi connectivity index (χ0v) is 13.7. The van der Waals surface area contributed by atoms with E-state index in [1.807, 2.05) is 47.8 Å². The molecular weight excluding hydrogens is 320 g/mol. The highest BCUT2D eigenvalue weighted by Gasteiger charge is 2.00. The summed E-state index contributed by atoms with van der Waals surface area (Å²) in [6, 6.07) is 16.5. The number of thiophene rings is 1. The Hall–Kier alpha value is -2.92. The van der Waals surface area contributed by atoms with Crippen LogP contribution in [0.15, 0.2) is 77.0 Å². The number of carbonyl (C=O) groups is 1. The number of benzene rings is 1. The lowest BCUT2D eigenvalue weighted by Crippen LogP contribution is -2.18. The van der Waals surface area contributed by atoms with Gasteiger partial charge >= 0.3 is 0 Å². The van der Waals surface area contributed by atoms with E-state index in [4.69, 9.17) is 0 Å². The zero-order valence-electron chi connectivity index (χ0n) is 12.9. The first-order valence-electron chi connectivity index (χ1n) is 7.48. The smallest absolute Gasteiger partial charge is 0.250 e. The van der Waals surface area contributed by atoms with Crippen molar-refractivity contribution in [2.24, 2.45) is 0 Å². The molecule has 3 rings (SSSR count). The first-order chi connectivity index (χ1) is 11.7. The Balaban J connectivity index is 1.61. The molecule has 4 nitrogen and oxygen atoms in total. The van der Waals surface area contributed by atoms with Gasteiger partial charge in [-0.15, -0.1) is 11.3 Å². The summed E-state index contributed by atoms with van der Waals surface area (Å²) in [7, 11) is 0. The van der Waals surface area contributed by atoms with E-state index in [0.717, 1.165) is 16.1 Å². The SMILES string of the molecule is O=C(/C=C\c1cccs1)Nc1ccc(Cn2ccccc2=O)cc1. The molecule has 2 aromatic heterocycles. The molecule has 0 aliphatic carbocycles. The Labute approximate surface area is 143 Å². The van der Waals surface area contributed by atoms with Crippen LogP contribution in [0.2, 0.25) is 0 Å². The molecule has 1 N–H and O–H groups in total. The van der Waals surface area contributed by atoms with Gasteiger partial charge in [0.2, 0.25) is 5.91 Å². The molecule has 0 fully saturated rings. The van der Waals surface area contributed by atoms with E-state index in [1.165, 1.54) is 12.1 Å². The summed E-state index contributed by atoms with van der Waals surface area (Å²) in [4.78, 5) is 24.6. The molecule has 0 saturated heterocycles. The van der Waals surface area contributed by atoms with E-state index in [1.54, 1.807) is 34.2 Å². The third kappa shape index (κ3) is 4.30. The Morgan fingerprint density at radius 1 is 1.08 bits per heavy atom. The molecular formula is C19H16N2O2S. The Bertz CT molecular complexity index is 894. The number of aromatic nitrogens is 1. The number of amides is 1. The molecule has 1 amide bonds. The maximum absolute atomic E-state index is 11.9. The van der Waals surface area contributed by atoms with E-state index in [2.05, 4.69) is 5.32 Å². The van der Waals surface area contributed by atoms with Gasteiger partial charge in [0, 0.05) is 28.9 Å². The number of nitrogens with one attached hydrogen (secondary N) is 1. The van der Waals surface area contributed by atoms with Gasteiger partial charge < -0.3 is 9.88 Å². The Kier molecular flexibility index (Phi) is 5.03. The number of rotatable bonds is 5. The van der Waals surface area contributed by atoms with Gasteiger partial charge in [-0.25, -0.2) is 0 Å². The van der Waals surface area contributed by atoms with Crippen LogP contribution in [-0.4, -0.2) is 10.5 Å². The lowest BCUT2D eigenvalue weighted by Gasteiger charge is -2.07. The van der Waals surface area contributed by atoms with E-state index in [0.29, 0.717) is 6.54 Å². The van der Waals surface area contributed by atoms with Crippen LogP contribution < -0.4 is 10.9 Å². The third-order valence-corrected chi connectivity index (χ3v) is 4.25. The summed E-state index contributed by atoms with van der Waals surface area (Å²) < 4.78 is 1.64. The van der Waals surface area contributed by atoms with E-state index < -0.39 is 0 Å². The van der Waals surface area contributed by atoms with Crippen LogP contribution >= 0.6 is 11.3 Å². The van der Waals surface area contributed by atoms with Crippen LogP contribution in [0.25, 0.3) is 6.08 Å². The average molecular weight is 336 g/mol. The second kappa shape index (κ2) is 7.57. The molecule has 0 aliphatic heterocycles. The quantitative estimate of drug-likeness (QED) is 0.724. The summed E-state index contributed by atoms with van der Waals surface area (Å²) >= 11 is 1.58. The largest absolute Gasteiger partial charge is 0.323 e. The van der Waals surface area contributed by atoms with Crippen LogP contribution in [-0.2, 0) is 11.3 Å². The van der Waals surface area contributed by atoms with Crippen molar-refractivity contribution in [3.63, 3.8) is 0 Å². The topological polar surface area (TPSA) is 51.1 Å². The summed E-state index contributed by atoms with van der Waals surface area (Å²) in [5, 5.41) is 4.78. The van der Waals surface area contributed by atoms with Crippen molar-refractivity contribution in [3.8, 4) is 0 Å². The molecule has 0 atom stereocenters. The third-order valence-electron chi connectivity index (χ3n) is 3.42. The predicted octanol–water partition coefficient (Wildman–Crippen LogP) is 3.61. The molecule has 0 saturated carbocycles. The van der Waals surface area contributed by atoms with Crippen LogP contribution in [0.4, 0.5) is 5.69 Å². The minimum Gasteiger partial charge on any atom is -0.323 e. The second-order valence-electron chi connectivity index (χ2n) is 5.20. The normalized spacial score (nSPS) is 10.8. The molecule has 0 bridgehead atoms. The monoisotopic (exact) mass is 336 g/mol. The van der Waals surface area contributed by atoms with Gasteiger partial charge in [0.1, 0.15) is 0 Å². The molecule has 3 aromatic rings. The van der Waals surface area contributed by atoms with Crippen LogP contribution in [0.1, 0.15) is 10.4 Å². The highest BCUT2D eigenvalue weighted by molar-refractivity contribution is 7.10. The Morgan fingerprint density at radius 2 is 1.92 bits per heavy atom. The molecule has 0 radical (unpaired) electrons. The van der Waals surface area contributed by atoms with E-state index in [9.17, 15) is 9.59 Å². The first-order valence-corrected chi connectivity index (χ1v) is 8.36. The van der Waals surface area contributed by atoms with Gasteiger partial charge in [-0.1, -0.05) is 24.3 Å². The van der Waals surface area contributed by atoms with Crippen molar-refractivity contribution in [1.29, 1.82) is 0 Å². The summed E-state index contributed by atoms with van der Waals surface area (Å²) in [5.74, 6) is -0.171. The molecule has 2 heterocycles. The fourth-order valence-electron chi connectivity index (χ4n) is 2.21. The summed E-state index contributed by atoms with van der Waals surface area (Å²) in [6.07, 6.45) is 5.06. The number of carbonyl (C=O) groups excluding carboxylic acids is 1. The van der Waals surface area contributed by atoms with E-state index in [-0.39, 0.29) is 11.5 Å². The number of nitrogens with zero attached hydrogens (tertiary/aromatic N) is 1. The fraction of sp³-hybridized carbons (Fsp3) is 0.0526. The van der Waals surface area contributed by atoms with Gasteiger partial charge in [-0.3, -0.25) is 9.59 Å². The summed E-state index contributed by atoms with van der Waals surface area (Å²) in [5.41, 5.74) is 1.68. The average Bonchev–Trinajstić information content (AvgIpc) is 3.10. The van der Waals surface area contributed by atoms with Gasteiger partial charge in [0.05, 0.1) is 6.54 Å². The van der Waals surface area contributed by atoms with Gasteiger partial charge in [0.15, 0.2) is 0 Å². The van der Waals surface area contributed by atoms with Crippen LogP contribution in [0.3, 0.4) is 0 Å². The second-order valence-corrected chi connectivity index (χ2v) is 6.18. The molecule has 24 heavy (non-hydrogen) atoms. The number of pyridine rings is 1. The first kappa shape index (κ1) is 16.0. The lowest BCUT2D eigenvalue weighted by atomic mass is 10.2. The van der Waals surface area contributed by atoms with Crippen LogP contribution in [0, 0.1) is 0 Å². The number of hydrogen-bond acceptors (Lipinski definition) is 3. The van der Waals surface area contributed by atoms with E-state index >= 15 is 0 Å². The van der Waals surface area contributed by atoms with Crippen molar-refractivity contribution in [3.05, 3.63) is 93.0 Å². The summed E-state index contributed by atoms with van der Waals surface area (Å²) in [6.45, 7) is 0.506. The standard InChI is InChI=1S/C19H16N2O2S/c22-18(11-10-17-4-3-13-24-17)20-16-8-6-15(7-9-16)14-21-12-2-1-5-19(21)23/h1-13H,14H2,(H,20,22)/b11-10-. The van der Waals surface area contributed by atoms with Gasteiger partial charge in [-0.2, -0.15) is 0 Å². The minimum atomic E-state index is -0.171.